The number of rotatable bonds is 4. The van der Waals surface area contributed by atoms with Crippen LogP contribution < -0.4 is 10.6 Å². The molecular weight excluding hydrogens is 220 g/mol. The van der Waals surface area contributed by atoms with Crippen molar-refractivity contribution < 1.29 is 14.7 Å². The summed E-state index contributed by atoms with van der Waals surface area (Å²) in [5.41, 5.74) is 0.173. The SMILES string of the molecule is CCC(NC(=O)C1CC12CCNCC2)C(=O)O. The normalized spacial score (nSPS) is 27.5. The van der Waals surface area contributed by atoms with Crippen molar-refractivity contribution in [2.75, 3.05) is 13.1 Å². The number of piperidine rings is 1. The van der Waals surface area contributed by atoms with Crippen molar-refractivity contribution in [3.8, 4) is 0 Å². The number of aliphatic carboxylic acids is 1. The Morgan fingerprint density at radius 1 is 1.47 bits per heavy atom. The summed E-state index contributed by atoms with van der Waals surface area (Å²) < 4.78 is 0. The molecule has 5 nitrogen and oxygen atoms in total. The molecule has 96 valence electrons. The molecular formula is C12H20N2O3. The molecule has 0 bridgehead atoms. The van der Waals surface area contributed by atoms with Crippen molar-refractivity contribution in [2.24, 2.45) is 11.3 Å². The van der Waals surface area contributed by atoms with E-state index in [1.165, 1.54) is 0 Å². The van der Waals surface area contributed by atoms with Gasteiger partial charge in [-0.05, 0) is 44.2 Å². The summed E-state index contributed by atoms with van der Waals surface area (Å²) in [7, 11) is 0. The summed E-state index contributed by atoms with van der Waals surface area (Å²) in [5, 5.41) is 14.8. The molecule has 2 aliphatic rings. The van der Waals surface area contributed by atoms with Crippen LogP contribution in [0.3, 0.4) is 0 Å². The van der Waals surface area contributed by atoms with Crippen LogP contribution >= 0.6 is 0 Å². The largest absolute Gasteiger partial charge is 0.480 e. The zero-order valence-electron chi connectivity index (χ0n) is 10.2. The predicted octanol–water partition coefficient (Wildman–Crippen LogP) is 0.355. The van der Waals surface area contributed by atoms with Gasteiger partial charge in [0.25, 0.3) is 0 Å². The summed E-state index contributed by atoms with van der Waals surface area (Å²) in [4.78, 5) is 22.8. The van der Waals surface area contributed by atoms with Crippen LogP contribution in [0.2, 0.25) is 0 Å². The summed E-state index contributed by atoms with van der Waals surface area (Å²) in [5.74, 6) is -0.972. The molecule has 0 aromatic heterocycles. The van der Waals surface area contributed by atoms with Crippen molar-refractivity contribution in [2.45, 2.75) is 38.6 Å². The van der Waals surface area contributed by atoms with Gasteiger partial charge < -0.3 is 15.7 Å². The van der Waals surface area contributed by atoms with E-state index in [9.17, 15) is 9.59 Å². The van der Waals surface area contributed by atoms with E-state index in [0.29, 0.717) is 6.42 Å². The van der Waals surface area contributed by atoms with E-state index in [0.717, 1.165) is 32.4 Å². The van der Waals surface area contributed by atoms with Gasteiger partial charge in [-0.25, -0.2) is 4.79 Å². The zero-order chi connectivity index (χ0) is 12.5. The molecule has 0 aromatic carbocycles. The number of carboxylic acid groups (broad SMARTS) is 1. The molecule has 1 aliphatic heterocycles. The number of carbonyl (C=O) groups is 2. The van der Waals surface area contributed by atoms with Crippen LogP contribution in [0.25, 0.3) is 0 Å². The van der Waals surface area contributed by atoms with E-state index in [1.54, 1.807) is 6.92 Å². The van der Waals surface area contributed by atoms with Gasteiger partial charge in [0.05, 0.1) is 0 Å². The highest BCUT2D eigenvalue weighted by Gasteiger charge is 2.57. The van der Waals surface area contributed by atoms with E-state index >= 15 is 0 Å². The minimum Gasteiger partial charge on any atom is -0.480 e. The molecule has 1 saturated heterocycles. The van der Waals surface area contributed by atoms with E-state index in [2.05, 4.69) is 10.6 Å². The van der Waals surface area contributed by atoms with Gasteiger partial charge in [-0.3, -0.25) is 4.79 Å². The van der Waals surface area contributed by atoms with E-state index < -0.39 is 12.0 Å². The van der Waals surface area contributed by atoms with Crippen LogP contribution in [-0.4, -0.2) is 36.1 Å². The van der Waals surface area contributed by atoms with Crippen LogP contribution in [0.5, 0.6) is 0 Å². The maximum absolute atomic E-state index is 12.0. The second-order valence-electron chi connectivity index (χ2n) is 5.18. The first-order chi connectivity index (χ1) is 8.09. The summed E-state index contributed by atoms with van der Waals surface area (Å²) >= 11 is 0. The predicted molar refractivity (Wildman–Crippen MR) is 62.5 cm³/mol. The van der Waals surface area contributed by atoms with Crippen LogP contribution in [0.1, 0.15) is 32.6 Å². The number of nitrogens with one attached hydrogen (secondary N) is 2. The number of hydrogen-bond acceptors (Lipinski definition) is 3. The third-order valence-electron chi connectivity index (χ3n) is 4.13. The smallest absolute Gasteiger partial charge is 0.326 e. The van der Waals surface area contributed by atoms with Crippen molar-refractivity contribution >= 4 is 11.9 Å². The molecule has 2 atom stereocenters. The number of hydrogen-bond donors (Lipinski definition) is 3. The average Bonchev–Trinajstić information content (AvgIpc) is 3.00. The third-order valence-corrected chi connectivity index (χ3v) is 4.13. The molecule has 2 rings (SSSR count). The maximum Gasteiger partial charge on any atom is 0.326 e. The standard InChI is InChI=1S/C12H20N2O3/c1-2-9(11(16)17)14-10(15)8-7-12(8)3-5-13-6-4-12/h8-9,13H,2-7H2,1H3,(H,14,15)(H,16,17). The molecule has 5 heteroatoms. The molecule has 1 heterocycles. The number of amides is 1. The Labute approximate surface area is 101 Å². The first-order valence-electron chi connectivity index (χ1n) is 6.33. The zero-order valence-corrected chi connectivity index (χ0v) is 10.2. The molecule has 2 fully saturated rings. The first kappa shape index (κ1) is 12.4. The Morgan fingerprint density at radius 3 is 2.65 bits per heavy atom. The van der Waals surface area contributed by atoms with Gasteiger partial charge in [0.2, 0.25) is 5.91 Å². The summed E-state index contributed by atoms with van der Waals surface area (Å²) in [6.07, 6.45) is 3.43. The Hall–Kier alpha value is -1.10. The molecule has 3 N–H and O–H groups in total. The Bertz CT molecular complexity index is 324. The minimum atomic E-state index is -0.944. The lowest BCUT2D eigenvalue weighted by Gasteiger charge is -2.23. The molecule has 1 amide bonds. The molecule has 1 aliphatic carbocycles. The fourth-order valence-corrected chi connectivity index (χ4v) is 2.81. The van der Waals surface area contributed by atoms with Crippen molar-refractivity contribution in [1.29, 1.82) is 0 Å². The second kappa shape index (κ2) is 4.64. The molecule has 0 aromatic rings. The van der Waals surface area contributed by atoms with Crippen molar-refractivity contribution in [3.63, 3.8) is 0 Å². The van der Waals surface area contributed by atoms with Crippen LogP contribution in [0, 0.1) is 11.3 Å². The van der Waals surface area contributed by atoms with Gasteiger partial charge in [-0.1, -0.05) is 6.92 Å². The molecule has 0 radical (unpaired) electrons. The Kier molecular flexibility index (Phi) is 3.38. The quantitative estimate of drug-likeness (QED) is 0.663. The topological polar surface area (TPSA) is 78.4 Å². The Balaban J connectivity index is 1.88. The molecule has 2 unspecified atom stereocenters. The fraction of sp³-hybridized carbons (Fsp3) is 0.833. The first-order valence-corrected chi connectivity index (χ1v) is 6.33. The van der Waals surface area contributed by atoms with Crippen LogP contribution in [0.15, 0.2) is 0 Å². The van der Waals surface area contributed by atoms with Crippen LogP contribution in [0.4, 0.5) is 0 Å². The molecule has 1 saturated carbocycles. The average molecular weight is 240 g/mol. The second-order valence-corrected chi connectivity index (χ2v) is 5.18. The lowest BCUT2D eigenvalue weighted by molar-refractivity contribution is -0.142. The van der Waals surface area contributed by atoms with Gasteiger partial charge in [0, 0.05) is 5.92 Å². The number of carbonyl (C=O) groups excluding carboxylic acids is 1. The maximum atomic E-state index is 12.0. The van der Waals surface area contributed by atoms with Crippen molar-refractivity contribution in [1.82, 2.24) is 10.6 Å². The highest BCUT2D eigenvalue weighted by molar-refractivity contribution is 5.87. The Morgan fingerprint density at radius 2 is 2.12 bits per heavy atom. The van der Waals surface area contributed by atoms with E-state index in [1.807, 2.05) is 0 Å². The summed E-state index contributed by atoms with van der Waals surface area (Å²) in [6, 6.07) is -0.734. The van der Waals surface area contributed by atoms with E-state index in [4.69, 9.17) is 5.11 Å². The van der Waals surface area contributed by atoms with Gasteiger partial charge in [-0.2, -0.15) is 0 Å². The van der Waals surface area contributed by atoms with Gasteiger partial charge in [0.15, 0.2) is 0 Å². The lowest BCUT2D eigenvalue weighted by Crippen LogP contribution is -2.42. The molecule has 17 heavy (non-hydrogen) atoms. The number of carboxylic acids is 1. The van der Waals surface area contributed by atoms with Gasteiger partial charge in [-0.15, -0.1) is 0 Å². The van der Waals surface area contributed by atoms with Gasteiger partial charge in [0.1, 0.15) is 6.04 Å². The van der Waals surface area contributed by atoms with E-state index in [-0.39, 0.29) is 17.2 Å². The van der Waals surface area contributed by atoms with Crippen LogP contribution in [-0.2, 0) is 9.59 Å². The highest BCUT2D eigenvalue weighted by Crippen LogP contribution is 2.58. The molecule has 1 spiro atoms. The van der Waals surface area contributed by atoms with Crippen molar-refractivity contribution in [3.05, 3.63) is 0 Å². The highest BCUT2D eigenvalue weighted by atomic mass is 16.4. The lowest BCUT2D eigenvalue weighted by atomic mass is 9.91. The monoisotopic (exact) mass is 240 g/mol. The minimum absolute atomic E-state index is 0.0398. The third kappa shape index (κ3) is 2.44. The fourth-order valence-electron chi connectivity index (χ4n) is 2.81. The summed E-state index contributed by atoms with van der Waals surface area (Å²) in [6.45, 7) is 3.71. The van der Waals surface area contributed by atoms with Gasteiger partial charge >= 0.3 is 5.97 Å².